The van der Waals surface area contributed by atoms with E-state index in [1.165, 1.54) is 31.3 Å². The Kier molecular flexibility index (Phi) is 5.36. The molecule has 0 saturated carbocycles. The smallest absolute Gasteiger partial charge is 0.0237 e. The molecule has 13 heavy (non-hydrogen) atoms. The summed E-state index contributed by atoms with van der Waals surface area (Å²) in [5.74, 6) is 0.691. The van der Waals surface area contributed by atoms with Gasteiger partial charge in [0, 0.05) is 0 Å². The van der Waals surface area contributed by atoms with Crippen LogP contribution in [0.2, 0.25) is 0 Å². The summed E-state index contributed by atoms with van der Waals surface area (Å²) in [5, 5.41) is 0. The van der Waals surface area contributed by atoms with E-state index in [0.717, 1.165) is 0 Å². The summed E-state index contributed by atoms with van der Waals surface area (Å²) in [6.45, 7) is 15.7. The average molecular weight is 182 g/mol. The van der Waals surface area contributed by atoms with Crippen LogP contribution >= 0.6 is 0 Å². The van der Waals surface area contributed by atoms with Gasteiger partial charge >= 0.3 is 0 Å². The molecule has 0 rings (SSSR count). The Labute approximate surface area is 84.4 Å². The Hall–Kier alpha value is -0.260. The lowest BCUT2D eigenvalue weighted by atomic mass is 9.79. The van der Waals surface area contributed by atoms with Crippen LogP contribution in [0.25, 0.3) is 0 Å². The molecule has 0 aromatic heterocycles. The molecule has 0 aliphatic heterocycles. The highest BCUT2D eigenvalue weighted by Gasteiger charge is 2.19. The fourth-order valence-corrected chi connectivity index (χ4v) is 1.84. The van der Waals surface area contributed by atoms with Gasteiger partial charge in [-0.15, -0.1) is 0 Å². The zero-order valence-electron chi connectivity index (χ0n) is 10.1. The summed E-state index contributed by atoms with van der Waals surface area (Å²) in [6, 6.07) is 0. The maximum Gasteiger partial charge on any atom is -0.0237 e. The first kappa shape index (κ1) is 12.7. The average Bonchev–Trinajstić information content (AvgIpc) is 2.01. The molecule has 0 saturated heterocycles. The van der Waals surface area contributed by atoms with Gasteiger partial charge in [-0.05, 0) is 30.6 Å². The summed E-state index contributed by atoms with van der Waals surface area (Å²) in [7, 11) is 0. The molecule has 0 nitrogen and oxygen atoms in total. The van der Waals surface area contributed by atoms with Crippen molar-refractivity contribution in [1.29, 1.82) is 0 Å². The number of rotatable bonds is 6. The summed E-state index contributed by atoms with van der Waals surface area (Å²) in [6.07, 6.45) is 5.00. The van der Waals surface area contributed by atoms with Crippen molar-refractivity contribution >= 4 is 0 Å². The summed E-state index contributed by atoms with van der Waals surface area (Å²) in [4.78, 5) is 0. The van der Waals surface area contributed by atoms with Gasteiger partial charge in [-0.25, -0.2) is 0 Å². The van der Waals surface area contributed by atoms with E-state index in [9.17, 15) is 0 Å². The molecule has 0 amide bonds. The Morgan fingerprint density at radius 1 is 1.31 bits per heavy atom. The molecule has 78 valence electrons. The molecule has 0 fully saturated rings. The van der Waals surface area contributed by atoms with Crippen LogP contribution in [0.3, 0.4) is 0 Å². The maximum absolute atomic E-state index is 4.19. The van der Waals surface area contributed by atoms with Crippen LogP contribution in [0.1, 0.15) is 60.3 Å². The van der Waals surface area contributed by atoms with Gasteiger partial charge in [-0.1, -0.05) is 53.2 Å². The van der Waals surface area contributed by atoms with E-state index in [0.29, 0.717) is 11.3 Å². The molecular formula is C13H26. The third-order valence-electron chi connectivity index (χ3n) is 2.94. The summed E-state index contributed by atoms with van der Waals surface area (Å²) < 4.78 is 0. The lowest BCUT2D eigenvalue weighted by Gasteiger charge is -2.27. The van der Waals surface area contributed by atoms with Crippen LogP contribution in [0.5, 0.6) is 0 Å². The minimum absolute atomic E-state index is 0.454. The molecule has 0 aromatic rings. The molecule has 0 aromatic carbocycles. The predicted molar refractivity (Wildman–Crippen MR) is 61.9 cm³/mol. The molecule has 0 bridgehead atoms. The van der Waals surface area contributed by atoms with Crippen molar-refractivity contribution in [1.82, 2.24) is 0 Å². The molecule has 0 radical (unpaired) electrons. The molecule has 0 N–H and O–H groups in total. The minimum atomic E-state index is 0.454. The van der Waals surface area contributed by atoms with Crippen LogP contribution in [0.15, 0.2) is 12.2 Å². The van der Waals surface area contributed by atoms with E-state index in [1.807, 2.05) is 0 Å². The molecule has 0 aliphatic rings. The normalized spacial score (nSPS) is 14.2. The lowest BCUT2D eigenvalue weighted by Crippen LogP contribution is -2.14. The quantitative estimate of drug-likeness (QED) is 0.517. The monoisotopic (exact) mass is 182 g/mol. The van der Waals surface area contributed by atoms with Gasteiger partial charge in [-0.3, -0.25) is 0 Å². The number of hydrogen-bond acceptors (Lipinski definition) is 0. The highest BCUT2D eigenvalue weighted by Crippen LogP contribution is 2.32. The van der Waals surface area contributed by atoms with Crippen LogP contribution in [-0.4, -0.2) is 0 Å². The van der Waals surface area contributed by atoms with Crippen molar-refractivity contribution in [2.24, 2.45) is 11.3 Å². The van der Waals surface area contributed by atoms with Gasteiger partial charge < -0.3 is 0 Å². The molecule has 0 heterocycles. The zero-order chi connectivity index (χ0) is 10.5. The van der Waals surface area contributed by atoms with Crippen molar-refractivity contribution < 1.29 is 0 Å². The van der Waals surface area contributed by atoms with E-state index in [1.54, 1.807) is 0 Å². The minimum Gasteiger partial charge on any atom is -0.0996 e. The van der Waals surface area contributed by atoms with E-state index >= 15 is 0 Å². The first-order valence-corrected chi connectivity index (χ1v) is 5.60. The van der Waals surface area contributed by atoms with Gasteiger partial charge in [0.1, 0.15) is 0 Å². The third-order valence-corrected chi connectivity index (χ3v) is 2.94. The second-order valence-electron chi connectivity index (χ2n) is 5.06. The molecule has 0 heteroatoms. The highest BCUT2D eigenvalue weighted by atomic mass is 14.2. The highest BCUT2D eigenvalue weighted by molar-refractivity contribution is 5.02. The van der Waals surface area contributed by atoms with Gasteiger partial charge in [0.05, 0.1) is 0 Å². The van der Waals surface area contributed by atoms with E-state index in [4.69, 9.17) is 0 Å². The largest absolute Gasteiger partial charge is 0.0996 e. The van der Waals surface area contributed by atoms with Gasteiger partial charge in [0.25, 0.3) is 0 Å². The lowest BCUT2D eigenvalue weighted by molar-refractivity contribution is 0.316. The van der Waals surface area contributed by atoms with Crippen molar-refractivity contribution in [3.05, 3.63) is 12.2 Å². The van der Waals surface area contributed by atoms with Gasteiger partial charge in [0.2, 0.25) is 0 Å². The molecule has 0 aliphatic carbocycles. The van der Waals surface area contributed by atoms with Crippen LogP contribution in [0, 0.1) is 11.3 Å². The van der Waals surface area contributed by atoms with E-state index < -0.39 is 0 Å². The van der Waals surface area contributed by atoms with Gasteiger partial charge in [-0.2, -0.15) is 0 Å². The van der Waals surface area contributed by atoms with Crippen molar-refractivity contribution in [2.75, 3.05) is 0 Å². The Bertz CT molecular complexity index is 153. The maximum atomic E-state index is 4.19. The topological polar surface area (TPSA) is 0 Å². The number of hydrogen-bond donors (Lipinski definition) is 0. The molecule has 1 atom stereocenters. The SMILES string of the molecule is C=C(CC(C)(C)CCC)C(C)CC. The number of allylic oxidation sites excluding steroid dienone is 1. The second kappa shape index (κ2) is 5.47. The molecule has 1 unspecified atom stereocenters. The first-order chi connectivity index (χ1) is 5.93. The second-order valence-corrected chi connectivity index (χ2v) is 5.06. The Morgan fingerprint density at radius 3 is 2.23 bits per heavy atom. The molecule has 0 spiro atoms. The fourth-order valence-electron chi connectivity index (χ4n) is 1.84. The van der Waals surface area contributed by atoms with E-state index in [-0.39, 0.29) is 0 Å². The summed E-state index contributed by atoms with van der Waals surface area (Å²) in [5.41, 5.74) is 1.89. The zero-order valence-corrected chi connectivity index (χ0v) is 10.1. The standard InChI is InChI=1S/C13H26/c1-7-9-13(5,6)10-12(4)11(3)8-2/h11H,4,7-10H2,1-3,5-6H3. The third kappa shape index (κ3) is 5.13. The van der Waals surface area contributed by atoms with Crippen molar-refractivity contribution in [3.63, 3.8) is 0 Å². The summed E-state index contributed by atoms with van der Waals surface area (Å²) >= 11 is 0. The first-order valence-electron chi connectivity index (χ1n) is 5.60. The van der Waals surface area contributed by atoms with Crippen molar-refractivity contribution in [3.8, 4) is 0 Å². The Morgan fingerprint density at radius 2 is 1.85 bits per heavy atom. The van der Waals surface area contributed by atoms with Crippen molar-refractivity contribution in [2.45, 2.75) is 60.3 Å². The predicted octanol–water partition coefficient (Wildman–Crippen LogP) is 4.81. The fraction of sp³-hybridized carbons (Fsp3) is 0.846. The van der Waals surface area contributed by atoms with E-state index in [2.05, 4.69) is 41.2 Å². The van der Waals surface area contributed by atoms with Gasteiger partial charge in [0.15, 0.2) is 0 Å². The molecular weight excluding hydrogens is 156 g/mol. The Balaban J connectivity index is 4.03. The van der Waals surface area contributed by atoms with Crippen LogP contribution in [-0.2, 0) is 0 Å². The van der Waals surface area contributed by atoms with Crippen LogP contribution in [0.4, 0.5) is 0 Å². The van der Waals surface area contributed by atoms with Crippen LogP contribution < -0.4 is 0 Å².